The first-order valence-corrected chi connectivity index (χ1v) is 8.02. The zero-order valence-corrected chi connectivity index (χ0v) is 14.3. The van der Waals surface area contributed by atoms with E-state index in [2.05, 4.69) is 30.9 Å². The van der Waals surface area contributed by atoms with Crippen LogP contribution in [0.15, 0.2) is 18.3 Å². The van der Waals surface area contributed by atoms with Crippen molar-refractivity contribution in [2.45, 2.75) is 33.0 Å². The minimum absolute atomic E-state index is 0.269. The van der Waals surface area contributed by atoms with Crippen molar-refractivity contribution in [3.63, 3.8) is 0 Å². The van der Waals surface area contributed by atoms with Crippen LogP contribution in [0.4, 0.5) is 0 Å². The van der Waals surface area contributed by atoms with Gasteiger partial charge in [0.05, 0.1) is 25.4 Å². The summed E-state index contributed by atoms with van der Waals surface area (Å²) < 4.78 is 12.5. The molecule has 1 aromatic heterocycles. The third kappa shape index (κ3) is 3.12. The minimum Gasteiger partial charge on any atom is -0.465 e. The molecule has 0 saturated carbocycles. The van der Waals surface area contributed by atoms with Crippen molar-refractivity contribution in [2.24, 2.45) is 7.05 Å². The van der Waals surface area contributed by atoms with Gasteiger partial charge in [-0.2, -0.15) is 0 Å². The molecule has 0 aliphatic carbocycles. The quantitative estimate of drug-likeness (QED) is 0.796. The lowest BCUT2D eigenvalue weighted by Crippen LogP contribution is -2.23. The number of ether oxygens (including phenoxy) is 2. The van der Waals surface area contributed by atoms with Crippen LogP contribution >= 0.6 is 0 Å². The van der Waals surface area contributed by atoms with E-state index in [0.717, 1.165) is 37.1 Å². The number of methoxy groups -OCH3 is 1. The Morgan fingerprint density at radius 1 is 1.26 bits per heavy atom. The smallest absolute Gasteiger partial charge is 0.340 e. The number of benzene rings is 1. The molecule has 23 heavy (non-hydrogen) atoms. The van der Waals surface area contributed by atoms with Gasteiger partial charge in [0.25, 0.3) is 0 Å². The van der Waals surface area contributed by atoms with Crippen molar-refractivity contribution >= 4 is 16.9 Å². The van der Waals surface area contributed by atoms with E-state index in [1.807, 2.05) is 17.8 Å². The molecule has 1 aromatic carbocycles. The Morgan fingerprint density at radius 3 is 2.61 bits per heavy atom. The molecule has 124 valence electrons. The first-order chi connectivity index (χ1) is 11.0. The molecule has 1 aliphatic heterocycles. The molecule has 2 aromatic rings. The Kier molecular flexibility index (Phi) is 4.41. The second-order valence-electron chi connectivity index (χ2n) is 6.41. The molecule has 0 radical (unpaired) electrons. The van der Waals surface area contributed by atoms with Gasteiger partial charge in [-0.05, 0) is 37.1 Å². The molecule has 5 nitrogen and oxygen atoms in total. The fraction of sp³-hybridized carbons (Fsp3) is 0.500. The SMILES string of the molecule is COC(=O)c1cn(C)c2cc3c(cc12)CN(CCOC(C)C)C3. The monoisotopic (exact) mass is 316 g/mol. The predicted octanol–water partition coefficient (Wildman–Crippen LogP) is 2.71. The molecular formula is C18H24N2O3. The number of esters is 1. The highest BCUT2D eigenvalue weighted by molar-refractivity contribution is 6.04. The van der Waals surface area contributed by atoms with Gasteiger partial charge in [-0.15, -0.1) is 0 Å². The van der Waals surface area contributed by atoms with Gasteiger partial charge < -0.3 is 14.0 Å². The van der Waals surface area contributed by atoms with Crippen LogP contribution in [-0.4, -0.2) is 41.8 Å². The molecule has 0 unspecified atom stereocenters. The molecule has 0 fully saturated rings. The minimum atomic E-state index is -0.282. The number of rotatable bonds is 5. The van der Waals surface area contributed by atoms with E-state index in [1.165, 1.54) is 18.2 Å². The van der Waals surface area contributed by atoms with Crippen molar-refractivity contribution in [3.05, 3.63) is 35.0 Å². The van der Waals surface area contributed by atoms with Crippen LogP contribution in [0.25, 0.3) is 10.9 Å². The predicted molar refractivity (Wildman–Crippen MR) is 89.5 cm³/mol. The summed E-state index contributed by atoms with van der Waals surface area (Å²) in [5, 5.41) is 0.971. The van der Waals surface area contributed by atoms with Gasteiger partial charge in [0.15, 0.2) is 0 Å². The highest BCUT2D eigenvalue weighted by Gasteiger charge is 2.22. The second-order valence-corrected chi connectivity index (χ2v) is 6.41. The van der Waals surface area contributed by atoms with E-state index in [9.17, 15) is 4.79 Å². The highest BCUT2D eigenvalue weighted by atomic mass is 16.5. The van der Waals surface area contributed by atoms with Gasteiger partial charge in [0.2, 0.25) is 0 Å². The zero-order chi connectivity index (χ0) is 16.6. The third-order valence-corrected chi connectivity index (χ3v) is 4.36. The van der Waals surface area contributed by atoms with Crippen LogP contribution in [0, 0.1) is 0 Å². The Morgan fingerprint density at radius 2 is 1.96 bits per heavy atom. The summed E-state index contributed by atoms with van der Waals surface area (Å²) in [4.78, 5) is 14.3. The van der Waals surface area contributed by atoms with Gasteiger partial charge >= 0.3 is 5.97 Å². The summed E-state index contributed by atoms with van der Waals surface area (Å²) in [6.45, 7) is 7.62. The maximum atomic E-state index is 11.9. The van der Waals surface area contributed by atoms with Crippen LogP contribution in [-0.2, 0) is 29.6 Å². The number of fused-ring (bicyclic) bond motifs is 2. The van der Waals surface area contributed by atoms with Gasteiger partial charge in [-0.25, -0.2) is 4.79 Å². The van der Waals surface area contributed by atoms with Crippen molar-refractivity contribution in [3.8, 4) is 0 Å². The van der Waals surface area contributed by atoms with Crippen LogP contribution in [0.5, 0.6) is 0 Å². The van der Waals surface area contributed by atoms with E-state index in [0.29, 0.717) is 5.56 Å². The molecule has 0 N–H and O–H groups in total. The van der Waals surface area contributed by atoms with Crippen LogP contribution < -0.4 is 0 Å². The average Bonchev–Trinajstić information content (AvgIpc) is 3.05. The summed E-state index contributed by atoms with van der Waals surface area (Å²) in [5.74, 6) is -0.282. The molecule has 0 bridgehead atoms. The highest BCUT2D eigenvalue weighted by Crippen LogP contribution is 2.30. The Bertz CT molecular complexity index is 733. The fourth-order valence-corrected chi connectivity index (χ4v) is 3.20. The molecule has 5 heteroatoms. The summed E-state index contributed by atoms with van der Waals surface area (Å²) in [7, 11) is 3.38. The van der Waals surface area contributed by atoms with Crippen molar-refractivity contribution in [1.82, 2.24) is 9.47 Å². The topological polar surface area (TPSA) is 43.7 Å². The first kappa shape index (κ1) is 16.0. The Hall–Kier alpha value is -1.85. The lowest BCUT2D eigenvalue weighted by molar-refractivity contribution is 0.0583. The average molecular weight is 316 g/mol. The number of carbonyl (C=O) groups excluding carboxylic acids is 1. The fourth-order valence-electron chi connectivity index (χ4n) is 3.20. The van der Waals surface area contributed by atoms with Gasteiger partial charge in [0.1, 0.15) is 0 Å². The maximum absolute atomic E-state index is 11.9. The molecule has 1 aliphatic rings. The molecule has 0 spiro atoms. The summed E-state index contributed by atoms with van der Waals surface area (Å²) in [6, 6.07) is 4.33. The second kappa shape index (κ2) is 6.34. The first-order valence-electron chi connectivity index (χ1n) is 8.02. The van der Waals surface area contributed by atoms with Crippen LogP contribution in [0.2, 0.25) is 0 Å². The van der Waals surface area contributed by atoms with E-state index in [1.54, 1.807) is 0 Å². The summed E-state index contributed by atoms with van der Waals surface area (Å²) in [6.07, 6.45) is 2.12. The van der Waals surface area contributed by atoms with E-state index in [4.69, 9.17) is 9.47 Å². The third-order valence-electron chi connectivity index (χ3n) is 4.36. The van der Waals surface area contributed by atoms with Gasteiger partial charge in [-0.3, -0.25) is 4.90 Å². The van der Waals surface area contributed by atoms with E-state index in [-0.39, 0.29) is 12.1 Å². The number of aromatic nitrogens is 1. The Balaban J connectivity index is 1.83. The maximum Gasteiger partial charge on any atom is 0.340 e. The number of hydrogen-bond acceptors (Lipinski definition) is 4. The molecule has 0 atom stereocenters. The zero-order valence-electron chi connectivity index (χ0n) is 14.3. The van der Waals surface area contributed by atoms with Crippen LogP contribution in [0.1, 0.15) is 35.3 Å². The van der Waals surface area contributed by atoms with Crippen LogP contribution in [0.3, 0.4) is 0 Å². The van der Waals surface area contributed by atoms with Crippen molar-refractivity contribution < 1.29 is 14.3 Å². The van der Waals surface area contributed by atoms with Crippen molar-refractivity contribution in [1.29, 1.82) is 0 Å². The molecule has 3 rings (SSSR count). The van der Waals surface area contributed by atoms with Gasteiger partial charge in [0, 0.05) is 43.8 Å². The number of nitrogens with zero attached hydrogens (tertiary/aromatic N) is 2. The molecule has 0 amide bonds. The lowest BCUT2D eigenvalue weighted by Gasteiger charge is -2.15. The summed E-state index contributed by atoms with van der Waals surface area (Å²) >= 11 is 0. The molecule has 2 heterocycles. The number of hydrogen-bond donors (Lipinski definition) is 0. The molecule has 0 saturated heterocycles. The molecular weight excluding hydrogens is 292 g/mol. The number of aryl methyl sites for hydroxylation is 1. The van der Waals surface area contributed by atoms with E-state index < -0.39 is 0 Å². The standard InChI is InChI=1S/C18H24N2O3/c1-12(2)23-6-5-20-9-13-7-15-16(18(21)22-4)11-19(3)17(15)8-14(13)10-20/h7-8,11-12H,5-6,9-10H2,1-4H3. The van der Waals surface area contributed by atoms with Crippen molar-refractivity contribution in [2.75, 3.05) is 20.3 Å². The van der Waals surface area contributed by atoms with Gasteiger partial charge in [-0.1, -0.05) is 0 Å². The normalized spacial score (nSPS) is 14.7. The Labute approximate surface area is 136 Å². The lowest BCUT2D eigenvalue weighted by atomic mass is 10.1. The van der Waals surface area contributed by atoms with E-state index >= 15 is 0 Å². The number of carbonyl (C=O) groups is 1. The largest absolute Gasteiger partial charge is 0.465 e. The summed E-state index contributed by atoms with van der Waals surface area (Å²) in [5.41, 5.74) is 4.33.